The highest BCUT2D eigenvalue weighted by molar-refractivity contribution is 5.72. The number of hydrogen-bond donors (Lipinski definition) is 1. The maximum atomic E-state index is 5.82. The van der Waals surface area contributed by atoms with Crippen molar-refractivity contribution in [1.29, 1.82) is 0 Å². The first-order valence-corrected chi connectivity index (χ1v) is 9.71. The lowest BCUT2D eigenvalue weighted by Gasteiger charge is -2.33. The van der Waals surface area contributed by atoms with Crippen LogP contribution in [0.2, 0.25) is 0 Å². The predicted molar refractivity (Wildman–Crippen MR) is 105 cm³/mol. The molecule has 1 aliphatic heterocycles. The van der Waals surface area contributed by atoms with Gasteiger partial charge in [-0.2, -0.15) is 0 Å². The van der Waals surface area contributed by atoms with E-state index in [2.05, 4.69) is 45.5 Å². The second kappa shape index (κ2) is 8.47. The molecule has 0 unspecified atom stereocenters. The van der Waals surface area contributed by atoms with E-state index in [-0.39, 0.29) is 0 Å². The van der Waals surface area contributed by atoms with Gasteiger partial charge in [0.15, 0.2) is 11.5 Å². The molecule has 26 heavy (non-hydrogen) atoms. The summed E-state index contributed by atoms with van der Waals surface area (Å²) < 4.78 is 5.82. The fraction of sp³-hybridized carbons (Fsp3) is 0.409. The van der Waals surface area contributed by atoms with Crippen LogP contribution in [0.5, 0.6) is 0 Å². The van der Waals surface area contributed by atoms with Gasteiger partial charge in [0.05, 0.1) is 0 Å². The molecule has 4 nitrogen and oxygen atoms in total. The Bertz CT molecular complexity index is 781. The van der Waals surface area contributed by atoms with Crippen LogP contribution in [0.15, 0.2) is 59.0 Å². The molecule has 1 atom stereocenters. The van der Waals surface area contributed by atoms with E-state index in [4.69, 9.17) is 4.42 Å². The van der Waals surface area contributed by atoms with Crippen molar-refractivity contribution in [2.24, 2.45) is 0 Å². The third kappa shape index (κ3) is 4.51. The van der Waals surface area contributed by atoms with Crippen LogP contribution in [0.25, 0.3) is 11.1 Å². The Hall–Kier alpha value is -2.17. The molecule has 0 spiro atoms. The maximum Gasteiger partial charge on any atom is 0.195 e. The zero-order chi connectivity index (χ0) is 17.6. The van der Waals surface area contributed by atoms with Gasteiger partial charge in [0, 0.05) is 25.6 Å². The maximum absolute atomic E-state index is 5.82. The minimum absolute atomic E-state index is 0.591. The summed E-state index contributed by atoms with van der Waals surface area (Å²) in [5.41, 5.74) is 3.22. The highest BCUT2D eigenvalue weighted by Crippen LogP contribution is 2.17. The summed E-state index contributed by atoms with van der Waals surface area (Å²) in [7, 11) is 0. The zero-order valence-corrected chi connectivity index (χ0v) is 15.2. The first-order valence-electron chi connectivity index (χ1n) is 9.71. The molecule has 2 heterocycles. The third-order valence-electron chi connectivity index (χ3n) is 5.15. The molecule has 1 aliphatic rings. The Morgan fingerprint density at radius 3 is 2.81 bits per heavy atom. The molecule has 1 fully saturated rings. The van der Waals surface area contributed by atoms with E-state index in [0.717, 1.165) is 49.5 Å². The number of hydrogen-bond acceptors (Lipinski definition) is 4. The molecule has 0 bridgehead atoms. The highest BCUT2D eigenvalue weighted by atomic mass is 16.3. The molecule has 1 saturated heterocycles. The molecule has 4 heteroatoms. The normalized spacial score (nSPS) is 18.4. The summed E-state index contributed by atoms with van der Waals surface area (Å²) in [4.78, 5) is 7.15. The monoisotopic (exact) mass is 349 g/mol. The number of likely N-dealkylation sites (tertiary alicyclic amines) is 1. The number of aryl methyl sites for hydroxylation is 1. The van der Waals surface area contributed by atoms with Gasteiger partial charge in [-0.05, 0) is 50.0 Å². The number of benzene rings is 2. The van der Waals surface area contributed by atoms with Crippen molar-refractivity contribution in [3.63, 3.8) is 0 Å². The van der Waals surface area contributed by atoms with Crippen molar-refractivity contribution in [1.82, 2.24) is 15.2 Å². The molecule has 0 amide bonds. The second-order valence-corrected chi connectivity index (χ2v) is 7.19. The number of oxazole rings is 1. The van der Waals surface area contributed by atoms with Crippen molar-refractivity contribution in [2.75, 3.05) is 19.6 Å². The molecule has 0 saturated carbocycles. The number of rotatable bonds is 7. The summed E-state index contributed by atoms with van der Waals surface area (Å²) in [6.45, 7) is 4.42. The average molecular weight is 349 g/mol. The Labute approximate surface area is 155 Å². The number of para-hydroxylation sites is 2. The van der Waals surface area contributed by atoms with Crippen molar-refractivity contribution in [3.8, 4) is 0 Å². The number of aromatic nitrogens is 1. The van der Waals surface area contributed by atoms with E-state index in [1.54, 1.807) is 0 Å². The molecule has 2 aromatic carbocycles. The zero-order valence-electron chi connectivity index (χ0n) is 15.2. The van der Waals surface area contributed by atoms with Gasteiger partial charge in [-0.15, -0.1) is 0 Å². The molecule has 1 aromatic heterocycles. The van der Waals surface area contributed by atoms with Gasteiger partial charge in [-0.1, -0.05) is 42.5 Å². The van der Waals surface area contributed by atoms with Crippen LogP contribution in [-0.2, 0) is 13.0 Å². The smallest absolute Gasteiger partial charge is 0.195 e. The average Bonchev–Trinajstić information content (AvgIpc) is 3.10. The molecular weight excluding hydrogens is 322 g/mol. The highest BCUT2D eigenvalue weighted by Gasteiger charge is 2.19. The quantitative estimate of drug-likeness (QED) is 0.700. The fourth-order valence-electron chi connectivity index (χ4n) is 3.76. The summed E-state index contributed by atoms with van der Waals surface area (Å²) in [5, 5.41) is 3.72. The van der Waals surface area contributed by atoms with Crippen molar-refractivity contribution < 1.29 is 4.42 Å². The van der Waals surface area contributed by atoms with E-state index < -0.39 is 0 Å². The molecule has 0 radical (unpaired) electrons. The van der Waals surface area contributed by atoms with Gasteiger partial charge in [-0.3, -0.25) is 0 Å². The molecule has 136 valence electrons. The van der Waals surface area contributed by atoms with Crippen LogP contribution < -0.4 is 5.32 Å². The van der Waals surface area contributed by atoms with E-state index in [1.165, 1.54) is 24.9 Å². The molecule has 3 aromatic rings. The van der Waals surface area contributed by atoms with Crippen LogP contribution >= 0.6 is 0 Å². The van der Waals surface area contributed by atoms with E-state index in [1.807, 2.05) is 24.3 Å². The summed E-state index contributed by atoms with van der Waals surface area (Å²) >= 11 is 0. The lowest BCUT2D eigenvalue weighted by Crippen LogP contribution is -2.45. The fourth-order valence-corrected chi connectivity index (χ4v) is 3.76. The molecule has 1 N–H and O–H groups in total. The van der Waals surface area contributed by atoms with Crippen LogP contribution in [-0.4, -0.2) is 35.6 Å². The number of nitrogens with zero attached hydrogens (tertiary/aromatic N) is 2. The standard InChI is InChI=1S/C22H27N3O/c1-2-8-18(9-3-1)16-23-19-10-6-14-25(17-19)15-7-13-22-24-20-11-4-5-12-21(20)26-22/h1-5,8-9,11-12,19,23H,6-7,10,13-17H2/t19-/m0/s1. The number of nitrogens with one attached hydrogen (secondary N) is 1. The van der Waals surface area contributed by atoms with Gasteiger partial charge in [-0.25, -0.2) is 4.98 Å². The first-order chi connectivity index (χ1) is 12.9. The van der Waals surface area contributed by atoms with Crippen LogP contribution in [0.1, 0.15) is 30.7 Å². The van der Waals surface area contributed by atoms with E-state index >= 15 is 0 Å². The topological polar surface area (TPSA) is 41.3 Å². The van der Waals surface area contributed by atoms with Gasteiger partial charge < -0.3 is 14.6 Å². The molecule has 4 rings (SSSR count). The second-order valence-electron chi connectivity index (χ2n) is 7.19. The minimum atomic E-state index is 0.591. The van der Waals surface area contributed by atoms with Gasteiger partial charge in [0.1, 0.15) is 5.52 Å². The van der Waals surface area contributed by atoms with Gasteiger partial charge in [0.25, 0.3) is 0 Å². The van der Waals surface area contributed by atoms with Gasteiger partial charge in [0.2, 0.25) is 0 Å². The lowest BCUT2D eigenvalue weighted by atomic mass is 10.0. The molecule has 0 aliphatic carbocycles. The Morgan fingerprint density at radius 1 is 1.08 bits per heavy atom. The minimum Gasteiger partial charge on any atom is -0.441 e. The number of piperidine rings is 1. The predicted octanol–water partition coefficient (Wildman–Crippen LogP) is 4.01. The molecular formula is C22H27N3O. The van der Waals surface area contributed by atoms with Crippen molar-refractivity contribution in [2.45, 2.75) is 38.3 Å². The Kier molecular flexibility index (Phi) is 5.62. The van der Waals surface area contributed by atoms with Gasteiger partial charge >= 0.3 is 0 Å². The van der Waals surface area contributed by atoms with E-state index in [0.29, 0.717) is 6.04 Å². The Morgan fingerprint density at radius 2 is 1.92 bits per heavy atom. The lowest BCUT2D eigenvalue weighted by molar-refractivity contribution is 0.187. The van der Waals surface area contributed by atoms with Crippen molar-refractivity contribution >= 4 is 11.1 Å². The first kappa shape index (κ1) is 17.3. The number of fused-ring (bicyclic) bond motifs is 1. The third-order valence-corrected chi connectivity index (χ3v) is 5.15. The van der Waals surface area contributed by atoms with E-state index in [9.17, 15) is 0 Å². The van der Waals surface area contributed by atoms with Crippen LogP contribution in [0.4, 0.5) is 0 Å². The van der Waals surface area contributed by atoms with Crippen molar-refractivity contribution in [3.05, 3.63) is 66.1 Å². The summed E-state index contributed by atoms with van der Waals surface area (Å²) in [6.07, 6.45) is 4.55. The SMILES string of the molecule is c1ccc(CN[C@H]2CCCN(CCCc3nc4ccccc4o3)C2)cc1. The van der Waals surface area contributed by atoms with Crippen LogP contribution in [0, 0.1) is 0 Å². The summed E-state index contributed by atoms with van der Waals surface area (Å²) in [5.74, 6) is 0.863. The summed E-state index contributed by atoms with van der Waals surface area (Å²) in [6, 6.07) is 19.2. The largest absolute Gasteiger partial charge is 0.441 e. The Balaban J connectivity index is 1.22. The van der Waals surface area contributed by atoms with Crippen LogP contribution in [0.3, 0.4) is 0 Å².